The third kappa shape index (κ3) is 11.4. The van der Waals surface area contributed by atoms with Crippen molar-refractivity contribution in [3.8, 4) is 0 Å². The second kappa shape index (κ2) is 24.2. The van der Waals surface area contributed by atoms with Crippen LogP contribution in [-0.2, 0) is 56.8 Å². The van der Waals surface area contributed by atoms with Crippen LogP contribution in [-0.4, -0.2) is 328 Å². The quantitative estimate of drug-likeness (QED) is 0.0643. The van der Waals surface area contributed by atoms with E-state index in [1.54, 1.807) is 0 Å². The van der Waals surface area contributed by atoms with Gasteiger partial charge in [-0.25, -0.2) is 0 Å². The summed E-state index contributed by atoms with van der Waals surface area (Å²) in [6.45, 7) is -5.37. The molecule has 0 aromatic rings. The van der Waals surface area contributed by atoms with Crippen molar-refractivity contribution in [1.82, 2.24) is 0 Å². The van der Waals surface area contributed by atoms with Gasteiger partial charge in [-0.15, -0.1) is 0 Å². The second-order valence-corrected chi connectivity index (χ2v) is 17.0. The molecule has 0 amide bonds. The highest BCUT2D eigenvalue weighted by Crippen LogP contribution is 2.36. The van der Waals surface area contributed by atoms with Crippen molar-refractivity contribution in [2.24, 2.45) is 0 Å². The number of hydrogen-bond donors (Lipinski definition) is 19. The average Bonchev–Trinajstić information content (AvgIpc) is 3.33. The first-order chi connectivity index (χ1) is 32.3. The van der Waals surface area contributed by atoms with Gasteiger partial charge in [-0.05, 0) is 0 Å². The minimum atomic E-state index is -2.23. The van der Waals surface area contributed by atoms with Crippen molar-refractivity contribution in [2.45, 2.75) is 184 Å². The molecule has 0 saturated carbocycles. The van der Waals surface area contributed by atoms with Gasteiger partial charge in [0.2, 0.25) is 0 Å². The van der Waals surface area contributed by atoms with E-state index in [2.05, 4.69) is 0 Å². The molecule has 6 fully saturated rings. The molecule has 30 atom stereocenters. The van der Waals surface area contributed by atoms with Crippen LogP contribution in [0.2, 0.25) is 0 Å². The normalized spacial score (nSPS) is 52.8. The first-order valence-corrected chi connectivity index (χ1v) is 21.5. The summed E-state index contributed by atoms with van der Waals surface area (Å²) in [4.78, 5) is 0. The summed E-state index contributed by atoms with van der Waals surface area (Å²) >= 11 is 0. The molecule has 0 aromatic carbocycles. The largest absolute Gasteiger partial charge is 0.394 e. The van der Waals surface area contributed by atoms with Crippen molar-refractivity contribution in [3.05, 3.63) is 0 Å². The van der Waals surface area contributed by atoms with Crippen LogP contribution in [0.25, 0.3) is 0 Å². The van der Waals surface area contributed by atoms with Crippen molar-refractivity contribution in [1.29, 1.82) is 0 Å². The Balaban J connectivity index is 1.17. The Bertz CT molecular complexity index is 1520. The van der Waals surface area contributed by atoms with Gasteiger partial charge in [-0.3, -0.25) is 0 Å². The van der Waals surface area contributed by atoms with Gasteiger partial charge >= 0.3 is 0 Å². The number of aliphatic hydroxyl groups excluding tert-OH is 19. The SMILES string of the molecule is CO[C@@H]1C(CO)O[C@@H](O[C@H]2C(O)C(O)[C@@H](O[C@@H]3C(CO)O[C@@H](O[C@H]4C(O)C(O)[C@@H](O[C@@H]5C(CO)O[C@@H](O)C(O)[C@H]5O)O[C@H]4CO[C@H]4O[C@@H](CO)[C@H](O)C(O)C4O)C(O)[C@@H]3O)O[C@H]2CO)C(O)[C@H]1O. The molecule has 0 aromatic heterocycles. The van der Waals surface area contributed by atoms with Crippen molar-refractivity contribution < 1.29 is 154 Å². The summed E-state index contributed by atoms with van der Waals surface area (Å²) < 4.78 is 66.5. The molecule has 12 unspecified atom stereocenters. The Morgan fingerprint density at radius 2 is 0.588 bits per heavy atom. The van der Waals surface area contributed by atoms with Crippen molar-refractivity contribution in [2.75, 3.05) is 46.8 Å². The molecule has 0 aliphatic carbocycles. The lowest BCUT2D eigenvalue weighted by Crippen LogP contribution is -2.68. The summed E-state index contributed by atoms with van der Waals surface area (Å²) in [7, 11) is 1.18. The molecule has 31 heteroatoms. The number of aliphatic hydroxyl groups is 19. The summed E-state index contributed by atoms with van der Waals surface area (Å²) in [5.41, 5.74) is 0. The zero-order valence-electron chi connectivity index (χ0n) is 36.0. The van der Waals surface area contributed by atoms with E-state index in [1.165, 1.54) is 7.11 Å². The van der Waals surface area contributed by atoms with E-state index in [0.29, 0.717) is 0 Å². The minimum Gasteiger partial charge on any atom is -0.394 e. The third-order valence-corrected chi connectivity index (χ3v) is 12.7. The molecule has 6 aliphatic rings. The maximum absolute atomic E-state index is 11.5. The zero-order valence-corrected chi connectivity index (χ0v) is 36.0. The molecular weight excluding hydrogens is 940 g/mol. The Hall–Kier alpha value is -1.24. The lowest BCUT2D eigenvalue weighted by atomic mass is 9.95. The molecule has 6 aliphatic heterocycles. The highest BCUT2D eigenvalue weighted by Gasteiger charge is 2.57. The Kier molecular flexibility index (Phi) is 19.9. The number of hydrogen-bond acceptors (Lipinski definition) is 31. The molecule has 31 nitrogen and oxygen atoms in total. The fourth-order valence-corrected chi connectivity index (χ4v) is 8.69. The zero-order chi connectivity index (χ0) is 50.0. The number of methoxy groups -OCH3 is 1. The van der Waals surface area contributed by atoms with Gasteiger partial charge in [-0.2, -0.15) is 0 Å². The van der Waals surface area contributed by atoms with Crippen LogP contribution in [0.3, 0.4) is 0 Å². The molecule has 398 valence electrons. The summed E-state index contributed by atoms with van der Waals surface area (Å²) in [5.74, 6) is 0. The minimum absolute atomic E-state index is 0.704. The molecule has 6 rings (SSSR count). The standard InChI is InChI=1S/C37H64O31/c1-57-27-9(3-39)61-34(23(52)17(27)46)66-29-11(5-41)62-35(24(53)18(29)47)67-30-12(6-42)63-36(25(54)19(30)48)68-31-13(7-58-33-22(51)15(44)14(43)8(2-38)60-33)64-37(26(55)20(31)49)65-28-10(4-40)59-32(56)21(50)16(28)45/h8-56H,2-7H2,1H3/t8-,9?,10?,11-,12?,13-,14-,15?,16+,17+,18?,19-,20?,21?,22?,23?,24?,25?,26?,27+,28+,29+,30+,31+,32+,33-,34-,35+,36-,37+/m0/s1. The Morgan fingerprint density at radius 3 is 0.971 bits per heavy atom. The molecular formula is C37H64O31. The highest BCUT2D eigenvalue weighted by atomic mass is 16.8. The first-order valence-electron chi connectivity index (χ1n) is 21.5. The van der Waals surface area contributed by atoms with Crippen molar-refractivity contribution >= 4 is 0 Å². The van der Waals surface area contributed by atoms with E-state index in [1.807, 2.05) is 0 Å². The maximum Gasteiger partial charge on any atom is 0.187 e. The van der Waals surface area contributed by atoms with Crippen LogP contribution in [0.5, 0.6) is 0 Å². The van der Waals surface area contributed by atoms with Crippen LogP contribution >= 0.6 is 0 Å². The van der Waals surface area contributed by atoms with Gasteiger partial charge in [-0.1, -0.05) is 0 Å². The van der Waals surface area contributed by atoms with E-state index < -0.39 is 224 Å². The van der Waals surface area contributed by atoms with Crippen LogP contribution < -0.4 is 0 Å². The Morgan fingerprint density at radius 1 is 0.294 bits per heavy atom. The molecule has 19 N–H and O–H groups in total. The van der Waals surface area contributed by atoms with Crippen LogP contribution in [0.15, 0.2) is 0 Å². The molecule has 68 heavy (non-hydrogen) atoms. The van der Waals surface area contributed by atoms with Gasteiger partial charge in [0.25, 0.3) is 0 Å². The molecule has 0 bridgehead atoms. The Labute approximate surface area is 384 Å². The number of rotatable bonds is 17. The predicted molar refractivity (Wildman–Crippen MR) is 204 cm³/mol. The van der Waals surface area contributed by atoms with E-state index in [0.717, 1.165) is 0 Å². The van der Waals surface area contributed by atoms with Crippen molar-refractivity contribution in [3.63, 3.8) is 0 Å². The maximum atomic E-state index is 11.5. The van der Waals surface area contributed by atoms with Crippen LogP contribution in [0, 0.1) is 0 Å². The lowest BCUT2D eigenvalue weighted by Gasteiger charge is -2.49. The molecule has 6 saturated heterocycles. The molecule has 6 heterocycles. The second-order valence-electron chi connectivity index (χ2n) is 17.0. The summed E-state index contributed by atoms with van der Waals surface area (Å²) in [6, 6.07) is 0. The summed E-state index contributed by atoms with van der Waals surface area (Å²) in [5, 5.41) is 200. The fraction of sp³-hybridized carbons (Fsp3) is 1.00. The van der Waals surface area contributed by atoms with Crippen LogP contribution in [0.1, 0.15) is 0 Å². The van der Waals surface area contributed by atoms with E-state index >= 15 is 0 Å². The first kappa shape index (κ1) is 56.1. The smallest absolute Gasteiger partial charge is 0.187 e. The lowest BCUT2D eigenvalue weighted by molar-refractivity contribution is -0.395. The van der Waals surface area contributed by atoms with Gasteiger partial charge in [0.05, 0.1) is 39.6 Å². The van der Waals surface area contributed by atoms with E-state index in [9.17, 15) is 97.0 Å². The average molecular weight is 1000 g/mol. The van der Waals surface area contributed by atoms with Gasteiger partial charge < -0.3 is 154 Å². The van der Waals surface area contributed by atoms with Gasteiger partial charge in [0.1, 0.15) is 146 Å². The van der Waals surface area contributed by atoms with Crippen LogP contribution in [0.4, 0.5) is 0 Å². The summed E-state index contributed by atoms with van der Waals surface area (Å²) in [6.07, 6.45) is -55.7. The molecule has 0 spiro atoms. The third-order valence-electron chi connectivity index (χ3n) is 12.7. The monoisotopic (exact) mass is 1000 g/mol. The van der Waals surface area contributed by atoms with E-state index in [-0.39, 0.29) is 0 Å². The highest BCUT2D eigenvalue weighted by molar-refractivity contribution is 4.99. The molecule has 0 radical (unpaired) electrons. The van der Waals surface area contributed by atoms with E-state index in [4.69, 9.17) is 56.8 Å². The van der Waals surface area contributed by atoms with Gasteiger partial charge in [0, 0.05) is 7.11 Å². The number of ether oxygens (including phenoxy) is 12. The van der Waals surface area contributed by atoms with Gasteiger partial charge in [0.15, 0.2) is 37.7 Å². The predicted octanol–water partition coefficient (Wildman–Crippen LogP) is -13.4. The fourth-order valence-electron chi connectivity index (χ4n) is 8.69. The topological polar surface area (TPSA) is 495 Å².